The van der Waals surface area contributed by atoms with E-state index in [-0.39, 0.29) is 6.61 Å². The van der Waals surface area contributed by atoms with Crippen LogP contribution >= 0.6 is 0 Å². The van der Waals surface area contributed by atoms with E-state index in [1.54, 1.807) is 0 Å². The van der Waals surface area contributed by atoms with Crippen LogP contribution < -0.4 is 0 Å². The van der Waals surface area contributed by atoms with E-state index < -0.39 is 5.97 Å². The van der Waals surface area contributed by atoms with Crippen molar-refractivity contribution in [2.24, 2.45) is 0 Å². The molecule has 0 radical (unpaired) electrons. The van der Waals surface area contributed by atoms with Crippen molar-refractivity contribution in [3.63, 3.8) is 0 Å². The zero-order valence-corrected chi connectivity index (χ0v) is 15.0. The van der Waals surface area contributed by atoms with Crippen molar-refractivity contribution in [2.45, 2.75) is 71.1 Å². The highest BCUT2D eigenvalue weighted by Gasteiger charge is 1.96. The van der Waals surface area contributed by atoms with Crippen molar-refractivity contribution in [1.82, 2.24) is 0 Å². The molecule has 0 atom stereocenters. The molecule has 0 unspecified atom stereocenters. The van der Waals surface area contributed by atoms with Gasteiger partial charge in [-0.1, -0.05) is 71.3 Å². The van der Waals surface area contributed by atoms with Crippen molar-refractivity contribution in [3.8, 4) is 0 Å². The van der Waals surface area contributed by atoms with Crippen molar-refractivity contribution in [1.29, 1.82) is 0 Å². The minimum Gasteiger partial charge on any atom is -0.460 e. The van der Waals surface area contributed by atoms with Gasteiger partial charge in [-0.3, -0.25) is 0 Å². The first-order chi connectivity index (χ1) is 11.3. The van der Waals surface area contributed by atoms with E-state index in [2.05, 4.69) is 13.5 Å². The summed E-state index contributed by atoms with van der Waals surface area (Å²) in [6.45, 7) is 8.21. The second-order valence-electron chi connectivity index (χ2n) is 5.78. The number of rotatable bonds is 18. The lowest BCUT2D eigenvalue weighted by atomic mass is 10.1. The Morgan fingerprint density at radius 2 is 1.22 bits per heavy atom. The quantitative estimate of drug-likeness (QED) is 0.208. The fourth-order valence-electron chi connectivity index (χ4n) is 2.27. The van der Waals surface area contributed by atoms with Gasteiger partial charge in [-0.25, -0.2) is 4.79 Å². The van der Waals surface area contributed by atoms with E-state index >= 15 is 0 Å². The number of hydrogen-bond acceptors (Lipinski definition) is 4. The van der Waals surface area contributed by atoms with Crippen molar-refractivity contribution >= 4 is 5.97 Å². The second kappa shape index (κ2) is 19.2. The molecule has 0 aromatic heterocycles. The zero-order valence-electron chi connectivity index (χ0n) is 15.0. The van der Waals surface area contributed by atoms with Crippen LogP contribution in [0.1, 0.15) is 71.1 Å². The number of carbonyl (C=O) groups excluding carboxylic acids is 1. The third-order valence-electron chi connectivity index (χ3n) is 3.65. The van der Waals surface area contributed by atoms with Crippen LogP contribution in [0.3, 0.4) is 0 Å². The number of unbranched alkanes of at least 4 members (excludes halogenated alkanes) is 9. The maximum atomic E-state index is 10.8. The molecule has 4 heteroatoms. The minimum atomic E-state index is -0.411. The standard InChI is InChI=1S/C19H36O4/c1-3-5-6-7-8-9-10-11-12-13-14-21-15-16-22-17-18-23-19(20)4-2/h4H,2-3,5-18H2,1H3. The van der Waals surface area contributed by atoms with Crippen LogP contribution in [-0.4, -0.2) is 39.0 Å². The molecule has 0 aliphatic carbocycles. The molecule has 0 bridgehead atoms. The molecule has 0 saturated carbocycles. The van der Waals surface area contributed by atoms with Gasteiger partial charge in [-0.15, -0.1) is 0 Å². The first-order valence-corrected chi connectivity index (χ1v) is 9.26. The van der Waals surface area contributed by atoms with Gasteiger partial charge in [0, 0.05) is 12.7 Å². The number of esters is 1. The van der Waals surface area contributed by atoms with Gasteiger partial charge in [0.25, 0.3) is 0 Å². The third kappa shape index (κ3) is 19.1. The average molecular weight is 328 g/mol. The Morgan fingerprint density at radius 1 is 0.739 bits per heavy atom. The Hall–Kier alpha value is -0.870. The molecule has 0 aromatic rings. The highest BCUT2D eigenvalue weighted by Crippen LogP contribution is 2.10. The summed E-state index contributed by atoms with van der Waals surface area (Å²) in [5.41, 5.74) is 0. The Bertz CT molecular complexity index is 266. The average Bonchev–Trinajstić information content (AvgIpc) is 2.57. The number of carbonyl (C=O) groups is 1. The molecule has 0 N–H and O–H groups in total. The molecule has 0 aliphatic rings. The molecule has 0 aromatic carbocycles. The van der Waals surface area contributed by atoms with Crippen LogP contribution in [0.2, 0.25) is 0 Å². The molecule has 0 spiro atoms. The normalized spacial score (nSPS) is 10.7. The predicted octanol–water partition coefficient (Wildman–Crippen LogP) is 4.67. The first kappa shape index (κ1) is 22.1. The Morgan fingerprint density at radius 3 is 1.78 bits per heavy atom. The first-order valence-electron chi connectivity index (χ1n) is 9.26. The molecular weight excluding hydrogens is 292 g/mol. The van der Waals surface area contributed by atoms with E-state index in [0.29, 0.717) is 19.8 Å². The highest BCUT2D eigenvalue weighted by atomic mass is 16.6. The van der Waals surface area contributed by atoms with E-state index in [4.69, 9.17) is 14.2 Å². The summed E-state index contributed by atoms with van der Waals surface area (Å²) in [5.74, 6) is -0.411. The van der Waals surface area contributed by atoms with E-state index in [9.17, 15) is 4.79 Å². The minimum absolute atomic E-state index is 0.267. The summed E-state index contributed by atoms with van der Waals surface area (Å²) in [6, 6.07) is 0. The van der Waals surface area contributed by atoms with Crippen LogP contribution in [0.4, 0.5) is 0 Å². The molecule has 0 rings (SSSR count). The Labute approximate surface area is 142 Å². The van der Waals surface area contributed by atoms with E-state index in [1.165, 1.54) is 57.8 Å². The topological polar surface area (TPSA) is 44.8 Å². The summed E-state index contributed by atoms with van der Waals surface area (Å²) in [5, 5.41) is 0. The summed E-state index contributed by atoms with van der Waals surface area (Å²) in [4.78, 5) is 10.8. The smallest absolute Gasteiger partial charge is 0.330 e. The van der Waals surface area contributed by atoms with E-state index in [1.807, 2.05) is 0 Å². The number of hydrogen-bond donors (Lipinski definition) is 0. The fourth-order valence-corrected chi connectivity index (χ4v) is 2.27. The lowest BCUT2D eigenvalue weighted by molar-refractivity contribution is -0.139. The van der Waals surface area contributed by atoms with Crippen LogP contribution in [-0.2, 0) is 19.0 Å². The summed E-state index contributed by atoms with van der Waals surface area (Å²) in [7, 11) is 0. The third-order valence-corrected chi connectivity index (χ3v) is 3.65. The molecular formula is C19H36O4. The largest absolute Gasteiger partial charge is 0.460 e. The summed E-state index contributed by atoms with van der Waals surface area (Å²) >= 11 is 0. The molecule has 0 fully saturated rings. The Kier molecular flexibility index (Phi) is 18.5. The maximum Gasteiger partial charge on any atom is 0.330 e. The van der Waals surface area contributed by atoms with Crippen molar-refractivity contribution in [3.05, 3.63) is 12.7 Å². The van der Waals surface area contributed by atoms with Crippen molar-refractivity contribution < 1.29 is 19.0 Å². The molecule has 23 heavy (non-hydrogen) atoms. The van der Waals surface area contributed by atoms with Crippen LogP contribution in [0.15, 0.2) is 12.7 Å². The lowest BCUT2D eigenvalue weighted by Crippen LogP contribution is -2.11. The fraction of sp³-hybridized carbons (Fsp3) is 0.842. The van der Waals surface area contributed by atoms with Gasteiger partial charge >= 0.3 is 5.97 Å². The SMILES string of the molecule is C=CC(=O)OCCOCCOCCCCCCCCCCCC. The van der Waals surface area contributed by atoms with Gasteiger partial charge in [-0.05, 0) is 6.42 Å². The van der Waals surface area contributed by atoms with E-state index in [0.717, 1.165) is 19.1 Å². The molecule has 0 amide bonds. The molecule has 136 valence electrons. The molecule has 0 heterocycles. The van der Waals surface area contributed by atoms with Gasteiger partial charge in [0.05, 0.1) is 19.8 Å². The predicted molar refractivity (Wildman–Crippen MR) is 94.6 cm³/mol. The highest BCUT2D eigenvalue weighted by molar-refractivity contribution is 5.81. The van der Waals surface area contributed by atoms with Crippen LogP contribution in [0, 0.1) is 0 Å². The summed E-state index contributed by atoms with van der Waals surface area (Å²) < 4.78 is 15.6. The van der Waals surface area contributed by atoms with Gasteiger partial charge in [0.15, 0.2) is 0 Å². The van der Waals surface area contributed by atoms with Gasteiger partial charge in [-0.2, -0.15) is 0 Å². The second-order valence-corrected chi connectivity index (χ2v) is 5.78. The summed E-state index contributed by atoms with van der Waals surface area (Å²) in [6.07, 6.45) is 14.5. The number of ether oxygens (including phenoxy) is 3. The zero-order chi connectivity index (χ0) is 17.0. The van der Waals surface area contributed by atoms with Crippen molar-refractivity contribution in [2.75, 3.05) is 33.0 Å². The van der Waals surface area contributed by atoms with Gasteiger partial charge in [0.2, 0.25) is 0 Å². The van der Waals surface area contributed by atoms with Crippen LogP contribution in [0.5, 0.6) is 0 Å². The Balaban J connectivity index is 3.00. The van der Waals surface area contributed by atoms with Crippen LogP contribution in [0.25, 0.3) is 0 Å². The monoisotopic (exact) mass is 328 g/mol. The maximum absolute atomic E-state index is 10.8. The molecule has 0 saturated heterocycles. The molecule has 4 nitrogen and oxygen atoms in total. The lowest BCUT2D eigenvalue weighted by Gasteiger charge is -2.06. The molecule has 0 aliphatic heterocycles. The van der Waals surface area contributed by atoms with Gasteiger partial charge in [0.1, 0.15) is 6.61 Å². The van der Waals surface area contributed by atoms with Gasteiger partial charge < -0.3 is 14.2 Å².